The summed E-state index contributed by atoms with van der Waals surface area (Å²) in [6.07, 6.45) is 5.12. The Bertz CT molecular complexity index is 7950. The molecule has 24 nitrogen and oxygen atoms in total. The standard InChI is InChI=1S/C18H16N2O2.2C17H15F2NO2.C17H16FNO2.2C16H16N2O2.C15H14N2O.2CH4/c1-11(2)12-7-8-13(10-21)14(9-12)18-20-17-15(19-3)5-4-6-16(17)22-18;1-9(2)10-3-4-11(8-21)13(5-10)17-20-16-14(19)6-12(18)7-15(16)22-17;1-9(2)10-3-4-11(8-21)13(5-10)17-20-15-7-12(18)6-14(19)16(15)22-17;1-10(2)11-6-7-12(9-20)13(8-11)17-19-16-14(18)4-3-5-15(16)21-17;1-10(2)11-7-12(9-13(8-11)19-3)16-18-15-14(20-16)5-4-6-17-15;1-10(2)11-5-6-12(9-19)13(8-11)16-18-15-14(20-16)4-3-7-17-15;1-10(2)11-5-3-6-12(9-11)15-17-14-13(18-15)7-4-8-16-14;;/h4-9,11,21H,10H2,1-2H3;2*3-7,9,21H,8H2,1-2H3;3-8,10,20H,9H2,1-2H3;4-10H,1-3H3;3-8,10,19H,9H2,1-2H3;3-10H,1-2H3;2*1H4. The van der Waals surface area contributed by atoms with E-state index < -0.39 is 29.1 Å². The summed E-state index contributed by atoms with van der Waals surface area (Å²) < 4.78 is 113. The highest BCUT2D eigenvalue weighted by Crippen LogP contribution is 2.41. The van der Waals surface area contributed by atoms with Crippen molar-refractivity contribution < 1.29 is 83.1 Å². The number of para-hydroxylation sites is 2. The van der Waals surface area contributed by atoms with Gasteiger partial charge >= 0.3 is 0 Å². The van der Waals surface area contributed by atoms with Gasteiger partial charge in [0.2, 0.25) is 46.9 Å². The summed E-state index contributed by atoms with van der Waals surface area (Å²) in [5, 5.41) is 47.5. The molecule has 0 atom stereocenters. The Morgan fingerprint density at radius 2 is 0.626 bits per heavy atom. The zero-order valence-electron chi connectivity index (χ0n) is 82.6. The second-order valence-electron chi connectivity index (χ2n) is 36.5. The van der Waals surface area contributed by atoms with Crippen LogP contribution in [0.25, 0.3) is 163 Å². The fraction of sp³-hybridized carbons (Fsp3) is 0.246. The number of aliphatic hydroxyl groups is 5. The van der Waals surface area contributed by atoms with Crippen molar-refractivity contribution >= 4 is 83.8 Å². The van der Waals surface area contributed by atoms with E-state index in [9.17, 15) is 47.5 Å². The van der Waals surface area contributed by atoms with E-state index in [1.165, 1.54) is 22.8 Å². The van der Waals surface area contributed by atoms with Gasteiger partial charge in [-0.1, -0.05) is 203 Å². The summed E-state index contributed by atoms with van der Waals surface area (Å²) in [6, 6.07) is 67.9. The predicted molar refractivity (Wildman–Crippen MR) is 564 cm³/mol. The number of fused-ring (bicyclic) bond motifs is 7. The van der Waals surface area contributed by atoms with Crippen molar-refractivity contribution in [2.24, 2.45) is 0 Å². The molecule has 5 N–H and O–H groups in total. The fourth-order valence-corrected chi connectivity index (χ4v) is 15.7. The van der Waals surface area contributed by atoms with Crippen LogP contribution in [0.15, 0.2) is 280 Å². The minimum absolute atomic E-state index is 0. The number of hydrogen-bond acceptors (Lipinski definition) is 23. The lowest BCUT2D eigenvalue weighted by atomic mass is 9.97. The molecule has 0 fully saturated rings. The third-order valence-electron chi connectivity index (χ3n) is 24.1. The molecule has 0 spiro atoms. The number of nitrogens with zero attached hydrogens (tertiary/aromatic N) is 11. The van der Waals surface area contributed by atoms with Gasteiger partial charge in [0.05, 0.1) is 46.7 Å². The molecule has 10 aromatic heterocycles. The highest BCUT2D eigenvalue weighted by Gasteiger charge is 2.25. The SMILES string of the molecule is C.C.CC(C)c1ccc(CO)c(-c2nc3c(F)cc(F)cc3o2)c1.CC(C)c1ccc(CO)c(-c2nc3c(F)cccc3o2)c1.CC(C)c1ccc(CO)c(-c2nc3cc(F)cc(F)c3o2)c1.CC(C)c1ccc(CO)c(-c2nc3ncccc3o2)c1.CC(C)c1cccc(-c2nc3ncccc3o2)c1.COc1cc(-c2nc3ncccc3o2)cc(C(C)C)c1.[C-]#[N+]c1cccc2oc(-c3cc(C(C)C)ccc3CO)nc12. The smallest absolute Gasteiger partial charge is 0.229 e. The quantitative estimate of drug-likeness (QED) is 0.0349. The lowest BCUT2D eigenvalue weighted by Gasteiger charge is -2.10. The summed E-state index contributed by atoms with van der Waals surface area (Å²) in [4.78, 5) is 46.2. The maximum absolute atomic E-state index is 13.8. The Balaban J connectivity index is 0.000000143. The summed E-state index contributed by atoms with van der Waals surface area (Å²) in [7, 11) is 1.66. The van der Waals surface area contributed by atoms with E-state index in [1.807, 2.05) is 167 Å². The van der Waals surface area contributed by atoms with E-state index in [4.69, 9.17) is 42.2 Å². The molecule has 0 saturated carbocycles. The second kappa shape index (κ2) is 48.5. The topological polar surface area (TPSA) is 336 Å². The van der Waals surface area contributed by atoms with E-state index in [0.717, 1.165) is 91.2 Å². The molecular formula is C118H116F5N11O13. The molecule has 0 saturated heterocycles. The maximum Gasteiger partial charge on any atom is 0.229 e. The molecule has 11 aromatic carbocycles. The van der Waals surface area contributed by atoms with Gasteiger partial charge < -0.3 is 61.2 Å². The van der Waals surface area contributed by atoms with Crippen molar-refractivity contribution in [3.8, 4) is 85.9 Å². The van der Waals surface area contributed by atoms with Crippen LogP contribution in [-0.4, -0.2) is 82.5 Å². The van der Waals surface area contributed by atoms with Crippen molar-refractivity contribution in [2.45, 2.75) is 186 Å². The van der Waals surface area contributed by atoms with E-state index >= 15 is 0 Å². The molecule has 29 heteroatoms. The van der Waals surface area contributed by atoms with Crippen LogP contribution in [0.4, 0.5) is 27.6 Å². The molecule has 21 rings (SSSR count). The maximum atomic E-state index is 13.8. The molecule has 0 aliphatic carbocycles. The Hall–Kier alpha value is -16.1. The molecule has 147 heavy (non-hydrogen) atoms. The van der Waals surface area contributed by atoms with E-state index in [-0.39, 0.29) is 99.2 Å². The van der Waals surface area contributed by atoms with E-state index in [2.05, 4.69) is 142 Å². The van der Waals surface area contributed by atoms with Crippen LogP contribution in [0.2, 0.25) is 0 Å². The van der Waals surface area contributed by atoms with Crippen molar-refractivity contribution in [3.05, 3.63) is 356 Å². The van der Waals surface area contributed by atoms with Gasteiger partial charge in [-0.2, -0.15) is 15.0 Å². The van der Waals surface area contributed by atoms with Gasteiger partial charge in [0.1, 0.15) is 45.0 Å². The van der Waals surface area contributed by atoms with Crippen molar-refractivity contribution in [2.75, 3.05) is 7.11 Å². The molecule has 0 bridgehead atoms. The lowest BCUT2D eigenvalue weighted by molar-refractivity contribution is 0.282. The minimum atomic E-state index is -0.792. The van der Waals surface area contributed by atoms with Crippen LogP contribution >= 0.6 is 0 Å². The number of pyridine rings is 3. The number of ether oxygens (including phenoxy) is 1. The lowest BCUT2D eigenvalue weighted by Crippen LogP contribution is -1.94. The zero-order valence-corrected chi connectivity index (χ0v) is 82.6. The molecular weight excluding hydrogens is 1870 g/mol. The van der Waals surface area contributed by atoms with E-state index in [1.54, 1.807) is 68.2 Å². The number of aromatic nitrogens is 10. The van der Waals surface area contributed by atoms with Crippen molar-refractivity contribution in [3.63, 3.8) is 0 Å². The average Bonchev–Trinajstić information content (AvgIpc) is 1.63. The molecule has 21 aromatic rings. The first-order valence-corrected chi connectivity index (χ1v) is 47.3. The number of methoxy groups -OCH3 is 1. The molecule has 0 unspecified atom stereocenters. The number of hydrogen-bond donors (Lipinski definition) is 5. The second-order valence-corrected chi connectivity index (χ2v) is 36.5. The van der Waals surface area contributed by atoms with Crippen molar-refractivity contribution in [1.82, 2.24) is 49.8 Å². The summed E-state index contributed by atoms with van der Waals surface area (Å²) >= 11 is 0. The van der Waals surface area contributed by atoms with Crippen LogP contribution < -0.4 is 4.74 Å². The average molecular weight is 1990 g/mol. The first kappa shape index (κ1) is 108. The van der Waals surface area contributed by atoms with Crippen LogP contribution in [0.5, 0.6) is 5.75 Å². The van der Waals surface area contributed by atoms with Crippen molar-refractivity contribution in [1.29, 1.82) is 0 Å². The summed E-state index contributed by atoms with van der Waals surface area (Å²) in [5.41, 5.74) is 23.2. The number of oxazole rings is 7. The number of halogens is 5. The highest BCUT2D eigenvalue weighted by atomic mass is 19.1. The van der Waals surface area contributed by atoms with Gasteiger partial charge in [0.15, 0.2) is 67.9 Å². The fourth-order valence-electron chi connectivity index (χ4n) is 15.7. The first-order valence-electron chi connectivity index (χ1n) is 47.3. The summed E-state index contributed by atoms with van der Waals surface area (Å²) in [5.74, 6) is 2.83. The van der Waals surface area contributed by atoms with Gasteiger partial charge in [-0.05, 0) is 223 Å². The number of aliphatic hydroxyl groups excluding tert-OH is 5. The molecule has 0 amide bonds. The number of rotatable bonds is 20. The van der Waals surface area contributed by atoms with Gasteiger partial charge in [0, 0.05) is 81.8 Å². The van der Waals surface area contributed by atoms with Crippen LogP contribution in [0, 0.1) is 35.7 Å². The Labute approximate surface area is 847 Å². The van der Waals surface area contributed by atoms with E-state index in [0.29, 0.717) is 143 Å². The first-order chi connectivity index (χ1) is 69.8. The minimum Gasteiger partial charge on any atom is -0.497 e. The predicted octanol–water partition coefficient (Wildman–Crippen LogP) is 30.5. The van der Waals surface area contributed by atoms with Gasteiger partial charge in [0.25, 0.3) is 0 Å². The highest BCUT2D eigenvalue weighted by molar-refractivity contribution is 5.90. The molecule has 10 heterocycles. The molecule has 0 aliphatic heterocycles. The number of benzene rings is 11. The monoisotopic (exact) mass is 1990 g/mol. The van der Waals surface area contributed by atoms with Crippen LogP contribution in [0.3, 0.4) is 0 Å². The Kier molecular flexibility index (Phi) is 35.7. The molecule has 0 radical (unpaired) electrons. The van der Waals surface area contributed by atoms with Gasteiger partial charge in [-0.3, -0.25) is 0 Å². The van der Waals surface area contributed by atoms with Crippen LogP contribution in [0.1, 0.15) is 220 Å². The normalized spacial score (nSPS) is 11.2. The Morgan fingerprint density at radius 3 is 1.03 bits per heavy atom. The van der Waals surface area contributed by atoms with Gasteiger partial charge in [-0.25, -0.2) is 61.7 Å². The Morgan fingerprint density at radius 1 is 0.293 bits per heavy atom. The third-order valence-corrected chi connectivity index (χ3v) is 24.1. The van der Waals surface area contributed by atoms with Crippen LogP contribution in [-0.2, 0) is 33.0 Å². The largest absolute Gasteiger partial charge is 0.497 e. The molecule has 756 valence electrons. The summed E-state index contributed by atoms with van der Waals surface area (Å²) in [6.45, 7) is 36.0. The zero-order chi connectivity index (χ0) is 103. The molecule has 0 aliphatic rings. The van der Waals surface area contributed by atoms with Gasteiger partial charge in [-0.15, -0.1) is 0 Å². The third kappa shape index (κ3) is 25.3.